The summed E-state index contributed by atoms with van der Waals surface area (Å²) in [5.74, 6) is -0.319. The number of benzene rings is 3. The highest BCUT2D eigenvalue weighted by Gasteiger charge is 2.27. The Morgan fingerprint density at radius 2 is 1.73 bits per heavy atom. The van der Waals surface area contributed by atoms with Gasteiger partial charge in [-0.1, -0.05) is 24.3 Å². The van der Waals surface area contributed by atoms with E-state index in [-0.39, 0.29) is 23.5 Å². The first-order valence-electron chi connectivity index (χ1n) is 13.3. The normalized spacial score (nSPS) is 15.0. The second-order valence-electron chi connectivity index (χ2n) is 9.76. The van der Waals surface area contributed by atoms with Crippen molar-refractivity contribution in [3.05, 3.63) is 89.5 Å². The smallest absolute Gasteiger partial charge is 0.264 e. The Bertz CT molecular complexity index is 1450. The lowest BCUT2D eigenvalue weighted by Gasteiger charge is -2.24. The number of amides is 2. The highest BCUT2D eigenvalue weighted by atomic mass is 32.2. The molecular weight excluding hydrogens is 544 g/mol. The molecule has 41 heavy (non-hydrogen) atoms. The van der Waals surface area contributed by atoms with Crippen LogP contribution in [0.15, 0.2) is 82.8 Å². The summed E-state index contributed by atoms with van der Waals surface area (Å²) in [5, 5.41) is 6.78. The van der Waals surface area contributed by atoms with Gasteiger partial charge < -0.3 is 14.8 Å². The SMILES string of the molecule is Cc1cc(C)cc(N(CC(=O)N/N=C\c2ccc(OCC(=O)NC[C@@H]3CCCO3)cc2)S(=O)(=O)c2ccccc2)c1. The van der Waals surface area contributed by atoms with Crippen molar-refractivity contribution in [3.8, 4) is 5.75 Å². The van der Waals surface area contributed by atoms with Crippen LogP contribution in [0.3, 0.4) is 0 Å². The van der Waals surface area contributed by atoms with Gasteiger partial charge in [-0.2, -0.15) is 5.10 Å². The number of hydrazone groups is 1. The number of ether oxygens (including phenoxy) is 2. The van der Waals surface area contributed by atoms with Crippen LogP contribution >= 0.6 is 0 Å². The highest BCUT2D eigenvalue weighted by molar-refractivity contribution is 7.92. The molecule has 3 aromatic carbocycles. The van der Waals surface area contributed by atoms with Gasteiger partial charge in [0, 0.05) is 13.2 Å². The van der Waals surface area contributed by atoms with Crippen LogP contribution in [0.5, 0.6) is 5.75 Å². The molecule has 4 rings (SSSR count). The summed E-state index contributed by atoms with van der Waals surface area (Å²) in [7, 11) is -4.01. The van der Waals surface area contributed by atoms with Gasteiger partial charge in [0.05, 0.1) is 22.9 Å². The maximum Gasteiger partial charge on any atom is 0.264 e. The van der Waals surface area contributed by atoms with E-state index in [4.69, 9.17) is 9.47 Å². The first kappa shape index (κ1) is 29.8. The van der Waals surface area contributed by atoms with Crippen LogP contribution in [0.1, 0.15) is 29.5 Å². The third kappa shape index (κ3) is 8.63. The van der Waals surface area contributed by atoms with Crippen molar-refractivity contribution in [2.75, 3.05) is 30.6 Å². The second-order valence-corrected chi connectivity index (χ2v) is 11.6. The predicted molar refractivity (Wildman–Crippen MR) is 157 cm³/mol. The quantitative estimate of drug-likeness (QED) is 0.251. The molecule has 0 aromatic heterocycles. The van der Waals surface area contributed by atoms with Gasteiger partial charge in [0.25, 0.3) is 21.8 Å². The van der Waals surface area contributed by atoms with Crippen LogP contribution in [-0.2, 0) is 24.3 Å². The van der Waals surface area contributed by atoms with Crippen LogP contribution in [0, 0.1) is 13.8 Å². The molecule has 1 fully saturated rings. The molecule has 3 aromatic rings. The lowest BCUT2D eigenvalue weighted by atomic mass is 10.1. The number of sulfonamides is 1. The molecule has 1 aliphatic rings. The summed E-state index contributed by atoms with van der Waals surface area (Å²) in [6.45, 7) is 4.37. The van der Waals surface area contributed by atoms with Crippen molar-refractivity contribution in [1.29, 1.82) is 0 Å². The molecule has 10 nitrogen and oxygen atoms in total. The monoisotopic (exact) mass is 578 g/mol. The molecule has 0 spiro atoms. The number of carbonyl (C=O) groups excluding carboxylic acids is 2. The van der Waals surface area contributed by atoms with Crippen molar-refractivity contribution in [2.45, 2.75) is 37.7 Å². The summed E-state index contributed by atoms with van der Waals surface area (Å²) in [6, 6.07) is 20.2. The fourth-order valence-electron chi connectivity index (χ4n) is 4.36. The van der Waals surface area contributed by atoms with E-state index in [9.17, 15) is 18.0 Å². The third-order valence-electron chi connectivity index (χ3n) is 6.32. The summed E-state index contributed by atoms with van der Waals surface area (Å²) >= 11 is 0. The molecule has 1 atom stereocenters. The molecule has 1 heterocycles. The van der Waals surface area contributed by atoms with Crippen LogP contribution in [0.25, 0.3) is 0 Å². The zero-order chi connectivity index (χ0) is 29.2. The van der Waals surface area contributed by atoms with Crippen LogP contribution < -0.4 is 19.8 Å². The molecule has 0 unspecified atom stereocenters. The lowest BCUT2D eigenvalue weighted by Crippen LogP contribution is -2.39. The summed E-state index contributed by atoms with van der Waals surface area (Å²) in [6.07, 6.45) is 3.46. The minimum Gasteiger partial charge on any atom is -0.484 e. The van der Waals surface area contributed by atoms with Gasteiger partial charge in [-0.3, -0.25) is 13.9 Å². The number of anilines is 1. The standard InChI is InChI=1S/C30H34N4O6S/c1-22-15-23(2)17-25(16-22)34(41(37,38)28-8-4-3-5-9-28)20-29(35)33-32-18-24-10-12-26(13-11-24)40-21-30(36)31-19-27-7-6-14-39-27/h3-5,8-13,15-18,27H,6-7,14,19-21H2,1-2H3,(H,31,36)(H,33,35)/b32-18-/t27-/m0/s1. The molecule has 216 valence electrons. The first-order valence-corrected chi connectivity index (χ1v) is 14.7. The van der Waals surface area contributed by atoms with Crippen molar-refractivity contribution >= 4 is 33.7 Å². The van der Waals surface area contributed by atoms with E-state index in [2.05, 4.69) is 15.8 Å². The first-order chi connectivity index (χ1) is 19.7. The molecule has 2 N–H and O–H groups in total. The van der Waals surface area contributed by atoms with Crippen molar-refractivity contribution < 1.29 is 27.5 Å². The number of rotatable bonds is 12. The lowest BCUT2D eigenvalue weighted by molar-refractivity contribution is -0.123. The molecule has 2 amide bonds. The Balaban J connectivity index is 1.33. The molecule has 0 radical (unpaired) electrons. The van der Waals surface area contributed by atoms with E-state index >= 15 is 0 Å². The van der Waals surface area contributed by atoms with E-state index < -0.39 is 22.5 Å². The number of hydrogen-bond acceptors (Lipinski definition) is 7. The van der Waals surface area contributed by atoms with Crippen molar-refractivity contribution in [2.24, 2.45) is 5.10 Å². The van der Waals surface area contributed by atoms with E-state index in [1.165, 1.54) is 18.3 Å². The topological polar surface area (TPSA) is 126 Å². The summed E-state index contributed by atoms with van der Waals surface area (Å²) < 4.78 is 39.0. The molecular formula is C30H34N4O6S. The summed E-state index contributed by atoms with van der Waals surface area (Å²) in [5.41, 5.74) is 5.21. The third-order valence-corrected chi connectivity index (χ3v) is 8.10. The average Bonchev–Trinajstić information content (AvgIpc) is 3.48. The number of aryl methyl sites for hydroxylation is 2. The van der Waals surface area contributed by atoms with Crippen molar-refractivity contribution in [3.63, 3.8) is 0 Å². The Labute approximate surface area is 240 Å². The van der Waals surface area contributed by atoms with Crippen LogP contribution in [0.4, 0.5) is 5.69 Å². The van der Waals surface area contributed by atoms with Crippen molar-refractivity contribution in [1.82, 2.24) is 10.7 Å². The van der Waals surface area contributed by atoms with E-state index in [0.717, 1.165) is 34.9 Å². The van der Waals surface area contributed by atoms with Gasteiger partial charge in [0.2, 0.25) is 0 Å². The highest BCUT2D eigenvalue weighted by Crippen LogP contribution is 2.25. The number of carbonyl (C=O) groups is 2. The predicted octanol–water partition coefficient (Wildman–Crippen LogP) is 3.32. The average molecular weight is 579 g/mol. The maximum absolute atomic E-state index is 13.5. The molecule has 0 saturated carbocycles. The van der Waals surface area contributed by atoms with E-state index in [0.29, 0.717) is 23.5 Å². The number of nitrogens with one attached hydrogen (secondary N) is 2. The van der Waals surface area contributed by atoms with Gasteiger partial charge in [0.1, 0.15) is 12.3 Å². The Kier molecular flexibility index (Phi) is 10.1. The Hall–Kier alpha value is -4.22. The van der Waals surface area contributed by atoms with Gasteiger partial charge in [-0.15, -0.1) is 0 Å². The zero-order valence-corrected chi connectivity index (χ0v) is 23.9. The maximum atomic E-state index is 13.5. The molecule has 1 aliphatic heterocycles. The van der Waals surface area contributed by atoms with E-state index in [1.54, 1.807) is 54.6 Å². The zero-order valence-electron chi connectivity index (χ0n) is 23.1. The van der Waals surface area contributed by atoms with Gasteiger partial charge in [-0.05, 0) is 91.9 Å². The summed E-state index contributed by atoms with van der Waals surface area (Å²) in [4.78, 5) is 24.9. The fraction of sp³-hybridized carbons (Fsp3) is 0.300. The fourth-order valence-corrected chi connectivity index (χ4v) is 5.78. The molecule has 0 bridgehead atoms. The van der Waals surface area contributed by atoms with Crippen LogP contribution in [-0.4, -0.2) is 58.9 Å². The largest absolute Gasteiger partial charge is 0.484 e. The minimum absolute atomic E-state index is 0.0704. The molecule has 1 saturated heterocycles. The number of nitrogens with zero attached hydrogens (tertiary/aromatic N) is 2. The molecule has 11 heteroatoms. The Morgan fingerprint density at radius 3 is 2.39 bits per heavy atom. The second kappa shape index (κ2) is 13.9. The van der Waals surface area contributed by atoms with Gasteiger partial charge in [0.15, 0.2) is 6.61 Å². The van der Waals surface area contributed by atoms with E-state index in [1.807, 2.05) is 19.9 Å². The number of hydrogen-bond donors (Lipinski definition) is 2. The Morgan fingerprint density at radius 1 is 1.02 bits per heavy atom. The molecule has 0 aliphatic carbocycles. The van der Waals surface area contributed by atoms with Crippen LogP contribution in [0.2, 0.25) is 0 Å². The minimum atomic E-state index is -4.01. The van der Waals surface area contributed by atoms with Gasteiger partial charge in [-0.25, -0.2) is 13.8 Å². The van der Waals surface area contributed by atoms with Gasteiger partial charge >= 0.3 is 0 Å².